The van der Waals surface area contributed by atoms with Crippen molar-refractivity contribution >= 4 is 28.9 Å². The number of aromatic amines is 1. The number of carbonyl (C=O) groups is 2. The van der Waals surface area contributed by atoms with E-state index < -0.39 is 12.1 Å². The molecule has 3 N–H and O–H groups in total. The first kappa shape index (κ1) is 14.5. The highest BCUT2D eigenvalue weighted by molar-refractivity contribution is 6.07. The van der Waals surface area contributed by atoms with E-state index in [2.05, 4.69) is 20.3 Å². The average molecular weight is 312 g/mol. The van der Waals surface area contributed by atoms with Crippen molar-refractivity contribution in [2.45, 2.75) is 6.61 Å². The fourth-order valence-electron chi connectivity index (χ4n) is 2.06. The van der Waals surface area contributed by atoms with Crippen LogP contribution in [0.25, 0.3) is 11.2 Å². The van der Waals surface area contributed by atoms with Crippen molar-refractivity contribution in [3.63, 3.8) is 0 Å². The van der Waals surface area contributed by atoms with Crippen LogP contribution in [0.3, 0.4) is 0 Å². The molecule has 2 heterocycles. The molecule has 3 aromatic rings. The molecule has 0 bridgehead atoms. The number of benzene rings is 1. The van der Waals surface area contributed by atoms with E-state index in [9.17, 15) is 14.7 Å². The van der Waals surface area contributed by atoms with Gasteiger partial charge in [-0.15, -0.1) is 0 Å². The summed E-state index contributed by atoms with van der Waals surface area (Å²) in [6.45, 7) is 0.0725. The number of aromatic nitrogens is 3. The first-order chi connectivity index (χ1) is 11.1. The molecule has 0 radical (unpaired) electrons. The van der Waals surface area contributed by atoms with Crippen molar-refractivity contribution in [3.05, 3.63) is 54.0 Å². The van der Waals surface area contributed by atoms with Crippen molar-refractivity contribution in [3.8, 4) is 0 Å². The SMILES string of the molecule is O=C(Nc1c(C(=O)O)[nH]c2nccnc12)OCc1ccccc1. The van der Waals surface area contributed by atoms with E-state index in [1.165, 1.54) is 12.4 Å². The van der Waals surface area contributed by atoms with Crippen molar-refractivity contribution in [2.24, 2.45) is 0 Å². The summed E-state index contributed by atoms with van der Waals surface area (Å²) in [7, 11) is 0. The smallest absolute Gasteiger partial charge is 0.412 e. The van der Waals surface area contributed by atoms with Crippen LogP contribution in [0, 0.1) is 0 Å². The summed E-state index contributed by atoms with van der Waals surface area (Å²) in [6, 6.07) is 9.14. The Balaban J connectivity index is 1.79. The molecule has 0 aliphatic carbocycles. The zero-order valence-electron chi connectivity index (χ0n) is 11.8. The quantitative estimate of drug-likeness (QED) is 0.681. The van der Waals surface area contributed by atoms with E-state index in [4.69, 9.17) is 4.74 Å². The van der Waals surface area contributed by atoms with Gasteiger partial charge in [0.05, 0.1) is 0 Å². The van der Waals surface area contributed by atoms with Gasteiger partial charge in [0.25, 0.3) is 0 Å². The van der Waals surface area contributed by atoms with E-state index in [1.807, 2.05) is 30.3 Å². The number of carboxylic acid groups (broad SMARTS) is 1. The number of ether oxygens (including phenoxy) is 1. The molecule has 116 valence electrons. The third-order valence-electron chi connectivity index (χ3n) is 3.08. The molecule has 8 nitrogen and oxygen atoms in total. The number of aromatic carboxylic acids is 1. The molecule has 0 atom stereocenters. The van der Waals surface area contributed by atoms with Crippen LogP contribution < -0.4 is 5.32 Å². The maximum atomic E-state index is 11.9. The lowest BCUT2D eigenvalue weighted by atomic mass is 10.2. The maximum absolute atomic E-state index is 11.9. The van der Waals surface area contributed by atoms with Crippen LogP contribution in [-0.2, 0) is 11.3 Å². The number of H-pyrrole nitrogens is 1. The largest absolute Gasteiger partial charge is 0.477 e. The number of carbonyl (C=O) groups excluding carboxylic acids is 1. The molecule has 0 spiro atoms. The van der Waals surface area contributed by atoms with Gasteiger partial charge in [-0.1, -0.05) is 30.3 Å². The molecular weight excluding hydrogens is 300 g/mol. The van der Waals surface area contributed by atoms with Crippen molar-refractivity contribution in [2.75, 3.05) is 5.32 Å². The summed E-state index contributed by atoms with van der Waals surface area (Å²) in [5, 5.41) is 11.6. The molecule has 1 aromatic carbocycles. The van der Waals surface area contributed by atoms with Gasteiger partial charge in [-0.2, -0.15) is 0 Å². The summed E-state index contributed by atoms with van der Waals surface area (Å²) in [4.78, 5) is 33.8. The molecule has 0 fully saturated rings. The minimum atomic E-state index is -1.23. The number of nitrogens with one attached hydrogen (secondary N) is 2. The summed E-state index contributed by atoms with van der Waals surface area (Å²) < 4.78 is 5.08. The second-order valence-corrected chi connectivity index (χ2v) is 4.62. The van der Waals surface area contributed by atoms with Gasteiger partial charge in [0, 0.05) is 12.4 Å². The number of fused-ring (bicyclic) bond motifs is 1. The summed E-state index contributed by atoms with van der Waals surface area (Å²) in [5.41, 5.74) is 1.16. The van der Waals surface area contributed by atoms with Crippen LogP contribution in [0.2, 0.25) is 0 Å². The van der Waals surface area contributed by atoms with Gasteiger partial charge in [0.2, 0.25) is 0 Å². The lowest BCUT2D eigenvalue weighted by molar-refractivity contribution is 0.0692. The Kier molecular flexibility index (Phi) is 3.88. The van der Waals surface area contributed by atoms with Gasteiger partial charge in [0.15, 0.2) is 11.3 Å². The molecule has 23 heavy (non-hydrogen) atoms. The number of amides is 1. The van der Waals surface area contributed by atoms with E-state index in [-0.39, 0.29) is 29.2 Å². The topological polar surface area (TPSA) is 117 Å². The van der Waals surface area contributed by atoms with E-state index in [0.29, 0.717) is 0 Å². The fraction of sp³-hybridized carbons (Fsp3) is 0.0667. The maximum Gasteiger partial charge on any atom is 0.412 e. The highest BCUT2D eigenvalue weighted by Gasteiger charge is 2.21. The molecule has 0 saturated heterocycles. The van der Waals surface area contributed by atoms with Crippen molar-refractivity contribution in [1.82, 2.24) is 15.0 Å². The second kappa shape index (κ2) is 6.14. The molecule has 1 amide bonds. The van der Waals surface area contributed by atoms with Gasteiger partial charge in [-0.25, -0.2) is 19.6 Å². The van der Waals surface area contributed by atoms with Crippen LogP contribution >= 0.6 is 0 Å². The van der Waals surface area contributed by atoms with Crippen molar-refractivity contribution < 1.29 is 19.4 Å². The Morgan fingerprint density at radius 2 is 1.91 bits per heavy atom. The van der Waals surface area contributed by atoms with E-state index >= 15 is 0 Å². The molecule has 0 aliphatic heterocycles. The highest BCUT2D eigenvalue weighted by Crippen LogP contribution is 2.24. The van der Waals surface area contributed by atoms with Crippen LogP contribution in [0.1, 0.15) is 16.1 Å². The Morgan fingerprint density at radius 3 is 2.65 bits per heavy atom. The number of anilines is 1. The van der Waals surface area contributed by atoms with Crippen LogP contribution in [-0.4, -0.2) is 32.1 Å². The zero-order valence-corrected chi connectivity index (χ0v) is 11.8. The minimum absolute atomic E-state index is 0.0265. The lowest BCUT2D eigenvalue weighted by Crippen LogP contribution is -2.15. The molecule has 8 heteroatoms. The van der Waals surface area contributed by atoms with E-state index in [1.54, 1.807) is 0 Å². The highest BCUT2D eigenvalue weighted by atomic mass is 16.5. The monoisotopic (exact) mass is 312 g/mol. The summed E-state index contributed by atoms with van der Waals surface area (Å²) in [5.74, 6) is -1.23. The number of carboxylic acids is 1. The summed E-state index contributed by atoms with van der Waals surface area (Å²) >= 11 is 0. The lowest BCUT2D eigenvalue weighted by Gasteiger charge is -2.07. The third kappa shape index (κ3) is 3.10. The molecule has 0 saturated carbocycles. The Labute approximate surface area is 130 Å². The van der Waals surface area contributed by atoms with Crippen molar-refractivity contribution in [1.29, 1.82) is 0 Å². The standard InChI is InChI=1S/C15H12N4O4/c20-14(21)12-10(11-13(18-12)17-7-6-16-11)19-15(22)23-8-9-4-2-1-3-5-9/h1-7H,8H2,(H,17,18)(H,19,22)(H,20,21). The zero-order chi connectivity index (χ0) is 16.2. The van der Waals surface area contributed by atoms with Gasteiger partial charge in [0.1, 0.15) is 17.8 Å². The predicted molar refractivity (Wildman–Crippen MR) is 81.1 cm³/mol. The third-order valence-corrected chi connectivity index (χ3v) is 3.08. The predicted octanol–water partition coefficient (Wildman–Crippen LogP) is 2.40. The Bertz CT molecular complexity index is 860. The van der Waals surface area contributed by atoms with Crippen LogP contribution in [0.4, 0.5) is 10.5 Å². The fourth-order valence-corrected chi connectivity index (χ4v) is 2.06. The van der Waals surface area contributed by atoms with Gasteiger partial charge in [-0.3, -0.25) is 5.32 Å². The van der Waals surface area contributed by atoms with Crippen LogP contribution in [0.15, 0.2) is 42.7 Å². The normalized spacial score (nSPS) is 10.4. The van der Waals surface area contributed by atoms with Gasteiger partial charge in [-0.05, 0) is 5.56 Å². The Morgan fingerprint density at radius 1 is 1.17 bits per heavy atom. The van der Waals surface area contributed by atoms with Crippen LogP contribution in [0.5, 0.6) is 0 Å². The molecular formula is C15H12N4O4. The first-order valence-electron chi connectivity index (χ1n) is 6.69. The van der Waals surface area contributed by atoms with E-state index in [0.717, 1.165) is 5.56 Å². The minimum Gasteiger partial charge on any atom is -0.477 e. The molecule has 0 aliphatic rings. The molecule has 2 aromatic heterocycles. The van der Waals surface area contributed by atoms with Gasteiger partial charge < -0.3 is 14.8 Å². The number of hydrogen-bond donors (Lipinski definition) is 3. The molecule has 0 unspecified atom stereocenters. The summed E-state index contributed by atoms with van der Waals surface area (Å²) in [6.07, 6.45) is 2.05. The second-order valence-electron chi connectivity index (χ2n) is 4.62. The molecule has 3 rings (SSSR count). The van der Waals surface area contributed by atoms with Gasteiger partial charge >= 0.3 is 12.1 Å². The average Bonchev–Trinajstić information content (AvgIpc) is 2.93. The number of rotatable bonds is 4. The number of nitrogens with zero attached hydrogens (tertiary/aromatic N) is 2. The Hall–Kier alpha value is -3.42. The first-order valence-corrected chi connectivity index (χ1v) is 6.69. The number of hydrogen-bond acceptors (Lipinski definition) is 5.